The summed E-state index contributed by atoms with van der Waals surface area (Å²) < 4.78 is 0. The number of aliphatic carboxylic acids is 1. The number of carbonyl (C=O) groups excluding carboxylic acids is 2. The zero-order valence-corrected chi connectivity index (χ0v) is 9.30. The molecule has 0 atom stereocenters. The molecule has 0 saturated heterocycles. The van der Waals surface area contributed by atoms with E-state index >= 15 is 0 Å². The summed E-state index contributed by atoms with van der Waals surface area (Å²) in [7, 11) is 0. The number of hydrogen-bond donors (Lipinski definition) is 2. The summed E-state index contributed by atoms with van der Waals surface area (Å²) in [6, 6.07) is 8.06. The van der Waals surface area contributed by atoms with Crippen LogP contribution in [-0.4, -0.2) is 11.9 Å². The molecule has 0 bridgehead atoms. The van der Waals surface area contributed by atoms with Crippen LogP contribution < -0.4 is 22.5 Å². The van der Waals surface area contributed by atoms with Crippen molar-refractivity contribution in [1.82, 2.24) is 12.3 Å². The maximum absolute atomic E-state index is 10.1. The minimum Gasteiger partial charge on any atom is -0.545 e. The van der Waals surface area contributed by atoms with Crippen LogP contribution in [0.5, 0.6) is 0 Å². The van der Waals surface area contributed by atoms with Gasteiger partial charge in [0.05, 0.1) is 11.9 Å². The summed E-state index contributed by atoms with van der Waals surface area (Å²) in [5.41, 5.74) is 0.220. The molecule has 8 N–H and O–H groups in total. The van der Waals surface area contributed by atoms with Crippen molar-refractivity contribution in [2.24, 2.45) is 0 Å². The van der Waals surface area contributed by atoms with Gasteiger partial charge in [-0.15, -0.1) is 0 Å². The summed E-state index contributed by atoms with van der Waals surface area (Å²) in [5.74, 6) is -2.36. The Morgan fingerprint density at radius 3 is 1.62 bits per heavy atom. The van der Waals surface area contributed by atoms with Gasteiger partial charge in [0, 0.05) is 0 Å². The highest BCUT2D eigenvalue weighted by Gasteiger charge is 1.85. The Labute approximate surface area is 93.4 Å². The van der Waals surface area contributed by atoms with Gasteiger partial charge in [-0.25, -0.2) is 0 Å². The van der Waals surface area contributed by atoms with Crippen molar-refractivity contribution in [1.29, 1.82) is 0 Å². The molecule has 1 aromatic carbocycles. The molecule has 0 fully saturated rings. The molecular weight excluding hydrogens is 212 g/mol. The first-order valence-corrected chi connectivity index (χ1v) is 3.67. The van der Waals surface area contributed by atoms with Crippen molar-refractivity contribution >= 4 is 11.9 Å². The second-order valence-electron chi connectivity index (χ2n) is 2.18. The van der Waals surface area contributed by atoms with Crippen LogP contribution in [0.15, 0.2) is 43.0 Å². The standard InChI is InChI=1S/C7H6O2.C3H4O2.2H3N/c8-7(9)6-4-2-1-3-5-6;1-2-3(4)5;;/h1-5H,(H,8,9);2H,1H2,(H,4,5);2*1H3. The average Bonchev–Trinajstić information content (AvgIpc) is 2.20. The van der Waals surface area contributed by atoms with Gasteiger partial charge in [0.2, 0.25) is 0 Å². The molecule has 0 amide bonds. The van der Waals surface area contributed by atoms with Gasteiger partial charge in [-0.05, 0) is 11.6 Å². The Bertz CT molecular complexity index is 325. The fraction of sp³-hybridized carbons (Fsp3) is 0. The van der Waals surface area contributed by atoms with Crippen LogP contribution in [0.2, 0.25) is 0 Å². The Kier molecular flexibility index (Phi) is 13.2. The zero-order valence-electron chi connectivity index (χ0n) is 9.30. The first-order valence-electron chi connectivity index (χ1n) is 3.67. The van der Waals surface area contributed by atoms with Crippen LogP contribution in [0.4, 0.5) is 0 Å². The van der Waals surface area contributed by atoms with Gasteiger partial charge in [0.25, 0.3) is 0 Å². The van der Waals surface area contributed by atoms with Crippen molar-refractivity contribution in [2.45, 2.75) is 0 Å². The number of rotatable bonds is 2. The lowest BCUT2D eigenvalue weighted by Crippen LogP contribution is -2.21. The highest BCUT2D eigenvalue weighted by atomic mass is 16.4. The van der Waals surface area contributed by atoms with E-state index in [4.69, 9.17) is 9.90 Å². The van der Waals surface area contributed by atoms with Gasteiger partial charge >= 0.3 is 0 Å². The monoisotopic (exact) mass is 228 g/mol. The summed E-state index contributed by atoms with van der Waals surface area (Å²) in [5, 5.41) is 19.2. The molecule has 6 heteroatoms. The number of quaternary nitrogens is 2. The predicted octanol–water partition coefficient (Wildman–Crippen LogP) is -0.275. The minimum absolute atomic E-state index is 0. The highest BCUT2D eigenvalue weighted by Crippen LogP contribution is 1.94. The number of carboxylic acid groups (broad SMARTS) is 2. The van der Waals surface area contributed by atoms with Gasteiger partial charge in [-0.2, -0.15) is 0 Å². The van der Waals surface area contributed by atoms with Crippen molar-refractivity contribution < 1.29 is 19.8 Å². The van der Waals surface area contributed by atoms with E-state index in [0.29, 0.717) is 0 Å². The van der Waals surface area contributed by atoms with E-state index in [0.717, 1.165) is 6.08 Å². The summed E-state index contributed by atoms with van der Waals surface area (Å²) in [6.45, 7) is 2.90. The van der Waals surface area contributed by atoms with E-state index in [1.165, 1.54) is 12.1 Å². The molecule has 0 aliphatic rings. The van der Waals surface area contributed by atoms with Crippen molar-refractivity contribution in [3.05, 3.63) is 48.6 Å². The summed E-state index contributed by atoms with van der Waals surface area (Å²) in [4.78, 5) is 19.2. The molecule has 0 spiro atoms. The number of carbonyl (C=O) groups is 2. The van der Waals surface area contributed by atoms with Crippen LogP contribution in [0.3, 0.4) is 0 Å². The van der Waals surface area contributed by atoms with Crippen LogP contribution in [0.1, 0.15) is 10.4 Å². The van der Waals surface area contributed by atoms with Gasteiger partial charge in [-0.3, -0.25) is 0 Å². The van der Waals surface area contributed by atoms with Crippen LogP contribution >= 0.6 is 0 Å². The number of carboxylic acids is 2. The lowest BCUT2D eigenvalue weighted by Gasteiger charge is -1.97. The minimum atomic E-state index is -1.23. The average molecular weight is 228 g/mol. The van der Waals surface area contributed by atoms with Crippen molar-refractivity contribution in [3.63, 3.8) is 0 Å². The van der Waals surface area contributed by atoms with Crippen LogP contribution in [0, 0.1) is 0 Å². The third kappa shape index (κ3) is 9.90. The number of hydrogen-bond acceptors (Lipinski definition) is 4. The summed E-state index contributed by atoms with van der Waals surface area (Å²) in [6.07, 6.45) is 0.722. The second kappa shape index (κ2) is 10.9. The molecule has 0 unspecified atom stereocenters. The maximum atomic E-state index is 10.1. The predicted molar refractivity (Wildman–Crippen MR) is 57.9 cm³/mol. The molecule has 0 radical (unpaired) electrons. The lowest BCUT2D eigenvalue weighted by molar-refractivity contribution is -0.297. The van der Waals surface area contributed by atoms with Crippen LogP contribution in [0.25, 0.3) is 0 Å². The maximum Gasteiger partial charge on any atom is 0.0715 e. The molecule has 0 aliphatic carbocycles. The fourth-order valence-electron chi connectivity index (χ4n) is 0.574. The molecule has 0 aliphatic heterocycles. The van der Waals surface area contributed by atoms with Gasteiger partial charge in [0.1, 0.15) is 0 Å². The SMILES string of the molecule is C=CC(=O)[O-].O=C([O-])c1ccccc1.[NH4+].[NH4+]. The smallest absolute Gasteiger partial charge is 0.0715 e. The van der Waals surface area contributed by atoms with E-state index < -0.39 is 11.9 Å². The molecule has 0 saturated carbocycles. The highest BCUT2D eigenvalue weighted by molar-refractivity contribution is 5.85. The van der Waals surface area contributed by atoms with E-state index in [-0.39, 0.29) is 17.9 Å². The van der Waals surface area contributed by atoms with Crippen LogP contribution in [-0.2, 0) is 4.79 Å². The van der Waals surface area contributed by atoms with Gasteiger partial charge in [0.15, 0.2) is 0 Å². The first-order chi connectivity index (χ1) is 6.57. The number of benzene rings is 1. The molecule has 0 heterocycles. The quantitative estimate of drug-likeness (QED) is 0.668. The first kappa shape index (κ1) is 19.4. The Morgan fingerprint density at radius 1 is 1.06 bits per heavy atom. The third-order valence-corrected chi connectivity index (χ3v) is 1.18. The van der Waals surface area contributed by atoms with Gasteiger partial charge in [-0.1, -0.05) is 36.9 Å². The van der Waals surface area contributed by atoms with Crippen molar-refractivity contribution in [3.8, 4) is 0 Å². The lowest BCUT2D eigenvalue weighted by atomic mass is 10.2. The molecule has 1 aromatic rings. The second-order valence-corrected chi connectivity index (χ2v) is 2.18. The van der Waals surface area contributed by atoms with E-state index in [2.05, 4.69) is 6.58 Å². The number of aromatic carboxylic acids is 1. The molecule has 1 rings (SSSR count). The Morgan fingerprint density at radius 2 is 1.44 bits per heavy atom. The van der Waals surface area contributed by atoms with E-state index in [1.54, 1.807) is 18.2 Å². The normalized spacial score (nSPS) is 7.00. The fourth-order valence-corrected chi connectivity index (χ4v) is 0.574. The largest absolute Gasteiger partial charge is 0.545 e. The molecule has 90 valence electrons. The van der Waals surface area contributed by atoms with Gasteiger partial charge < -0.3 is 32.1 Å². The van der Waals surface area contributed by atoms with Crippen molar-refractivity contribution in [2.75, 3.05) is 0 Å². The molecule has 6 nitrogen and oxygen atoms in total. The molecule has 16 heavy (non-hydrogen) atoms. The van der Waals surface area contributed by atoms with E-state index in [1.807, 2.05) is 0 Å². The van der Waals surface area contributed by atoms with E-state index in [9.17, 15) is 9.90 Å². The molecule has 0 aromatic heterocycles. The Balaban J connectivity index is -0.000000214. The zero-order chi connectivity index (χ0) is 11.0. The summed E-state index contributed by atoms with van der Waals surface area (Å²) >= 11 is 0. The Hall–Kier alpha value is -2.18. The third-order valence-electron chi connectivity index (χ3n) is 1.18. The molecular formula is C10H16N2O4. The topological polar surface area (TPSA) is 153 Å².